The number of carbonyl (C=O) groups excluding carboxylic acids is 1. The van der Waals surface area contributed by atoms with Gasteiger partial charge < -0.3 is 19.7 Å². The molecule has 2 aliphatic rings. The van der Waals surface area contributed by atoms with Crippen LogP contribution >= 0.6 is 0 Å². The summed E-state index contributed by atoms with van der Waals surface area (Å²) in [7, 11) is -4.28. The molecule has 0 aliphatic carbocycles. The summed E-state index contributed by atoms with van der Waals surface area (Å²) in [6.07, 6.45) is 6.76. The van der Waals surface area contributed by atoms with Gasteiger partial charge in [0.05, 0.1) is 6.04 Å². The minimum absolute atomic E-state index is 0.115. The van der Waals surface area contributed by atoms with E-state index in [1.807, 2.05) is 0 Å². The van der Waals surface area contributed by atoms with Crippen LogP contribution in [0.25, 0.3) is 0 Å². The molecule has 0 spiro atoms. The van der Waals surface area contributed by atoms with Gasteiger partial charge in [0.15, 0.2) is 11.5 Å². The number of rotatable bonds is 13. The highest BCUT2D eigenvalue weighted by atomic mass is 32.2. The third-order valence-corrected chi connectivity index (χ3v) is 6.48. The van der Waals surface area contributed by atoms with Crippen LogP contribution in [0.15, 0.2) is 18.2 Å². The molecular weight excluding hydrogens is 446 g/mol. The second-order valence-corrected chi connectivity index (χ2v) is 9.94. The normalized spacial score (nSPS) is 18.1. The van der Waals surface area contributed by atoms with E-state index < -0.39 is 22.4 Å². The Bertz CT molecular complexity index is 873. The first-order chi connectivity index (χ1) is 15.9. The van der Waals surface area contributed by atoms with Gasteiger partial charge in [-0.1, -0.05) is 38.7 Å². The molecule has 1 aromatic rings. The molecule has 2 heterocycles. The van der Waals surface area contributed by atoms with Gasteiger partial charge in [0.25, 0.3) is 0 Å². The standard InChI is InChI=1S/C23H37N3O6S/c1-2-3-4-5-6-9-22(27)25-19(17-26-12-7-8-13-26)23(32-33(24,28)29)18-10-11-20-21(16-18)31-15-14-30-20/h10-11,16,19,23H,2-9,12-15,17H2,1H3,(H,25,27)(H2,24,28,29). The van der Waals surface area contributed by atoms with Crippen LogP contribution in [-0.4, -0.2) is 58.1 Å². The van der Waals surface area contributed by atoms with Crippen LogP contribution in [-0.2, 0) is 19.3 Å². The Balaban J connectivity index is 1.79. The monoisotopic (exact) mass is 483 g/mol. The molecule has 1 fully saturated rings. The Hall–Kier alpha value is -1.88. The van der Waals surface area contributed by atoms with Gasteiger partial charge in [0.2, 0.25) is 5.91 Å². The van der Waals surface area contributed by atoms with Crippen LogP contribution in [0.3, 0.4) is 0 Å². The summed E-state index contributed by atoms with van der Waals surface area (Å²) in [5.41, 5.74) is 0.556. The highest BCUT2D eigenvalue weighted by molar-refractivity contribution is 7.84. The zero-order chi connectivity index (χ0) is 23.7. The Morgan fingerprint density at radius 2 is 1.82 bits per heavy atom. The quantitative estimate of drug-likeness (QED) is 0.414. The highest BCUT2D eigenvalue weighted by Crippen LogP contribution is 2.35. The number of hydrogen-bond donors (Lipinski definition) is 2. The van der Waals surface area contributed by atoms with Crippen molar-refractivity contribution in [1.82, 2.24) is 10.2 Å². The first-order valence-corrected chi connectivity index (χ1v) is 13.4. The molecule has 3 N–H and O–H groups in total. The number of unbranched alkanes of at least 4 members (excludes halogenated alkanes) is 4. The predicted octanol–water partition coefficient (Wildman–Crippen LogP) is 2.66. The predicted molar refractivity (Wildman–Crippen MR) is 125 cm³/mol. The number of ether oxygens (including phenoxy) is 2. The molecule has 0 bridgehead atoms. The van der Waals surface area contributed by atoms with E-state index in [2.05, 4.69) is 17.1 Å². The second-order valence-electron chi connectivity index (χ2n) is 8.76. The van der Waals surface area contributed by atoms with Gasteiger partial charge in [0.1, 0.15) is 19.3 Å². The number of likely N-dealkylation sites (tertiary alicyclic amines) is 1. The first-order valence-electron chi connectivity index (χ1n) is 12.0. The molecular formula is C23H37N3O6S. The SMILES string of the molecule is CCCCCCCC(=O)NC(CN1CCCC1)C(OS(N)(=O)=O)c1ccc2c(c1)OCCO2. The Morgan fingerprint density at radius 1 is 1.12 bits per heavy atom. The number of nitrogens with zero attached hydrogens (tertiary/aromatic N) is 1. The van der Waals surface area contributed by atoms with E-state index in [0.29, 0.717) is 43.2 Å². The molecule has 2 atom stereocenters. The van der Waals surface area contributed by atoms with E-state index in [9.17, 15) is 13.2 Å². The maximum Gasteiger partial charge on any atom is 0.333 e. The zero-order valence-corrected chi connectivity index (χ0v) is 20.3. The highest BCUT2D eigenvalue weighted by Gasteiger charge is 2.32. The lowest BCUT2D eigenvalue weighted by molar-refractivity contribution is -0.122. The molecule has 186 valence electrons. The summed E-state index contributed by atoms with van der Waals surface area (Å²) < 4.78 is 40.6. The maximum atomic E-state index is 12.8. The van der Waals surface area contributed by atoms with E-state index in [0.717, 1.165) is 58.0 Å². The Kier molecular flexibility index (Phi) is 9.78. The number of amides is 1. The molecule has 1 saturated heterocycles. The van der Waals surface area contributed by atoms with Crippen LogP contribution in [0.1, 0.15) is 70.0 Å². The summed E-state index contributed by atoms with van der Waals surface area (Å²) in [5, 5.41) is 8.32. The molecule has 3 rings (SSSR count). The van der Waals surface area contributed by atoms with Crippen molar-refractivity contribution in [2.75, 3.05) is 32.8 Å². The molecule has 1 aromatic carbocycles. The smallest absolute Gasteiger partial charge is 0.333 e. The topological polar surface area (TPSA) is 120 Å². The maximum absolute atomic E-state index is 12.8. The lowest BCUT2D eigenvalue weighted by Gasteiger charge is -2.31. The molecule has 2 unspecified atom stereocenters. The van der Waals surface area contributed by atoms with E-state index in [1.54, 1.807) is 18.2 Å². The fraction of sp³-hybridized carbons (Fsp3) is 0.696. The summed E-state index contributed by atoms with van der Waals surface area (Å²) >= 11 is 0. The van der Waals surface area contributed by atoms with Crippen molar-refractivity contribution in [3.63, 3.8) is 0 Å². The average Bonchev–Trinajstić information content (AvgIpc) is 3.29. The van der Waals surface area contributed by atoms with Crippen molar-refractivity contribution < 1.29 is 26.9 Å². The fourth-order valence-electron chi connectivity index (χ4n) is 4.36. The molecule has 10 heteroatoms. The van der Waals surface area contributed by atoms with Crippen LogP contribution in [0.4, 0.5) is 0 Å². The molecule has 0 aromatic heterocycles. The van der Waals surface area contributed by atoms with Gasteiger partial charge in [0, 0.05) is 13.0 Å². The van der Waals surface area contributed by atoms with Crippen molar-refractivity contribution in [3.05, 3.63) is 23.8 Å². The fourth-order valence-corrected chi connectivity index (χ4v) is 4.90. The molecule has 33 heavy (non-hydrogen) atoms. The van der Waals surface area contributed by atoms with Crippen molar-refractivity contribution in [1.29, 1.82) is 0 Å². The lowest BCUT2D eigenvalue weighted by Crippen LogP contribution is -2.48. The second kappa shape index (κ2) is 12.5. The molecule has 0 radical (unpaired) electrons. The van der Waals surface area contributed by atoms with Crippen molar-refractivity contribution in [2.24, 2.45) is 5.14 Å². The van der Waals surface area contributed by atoms with Gasteiger partial charge in [-0.15, -0.1) is 0 Å². The third-order valence-electron chi connectivity index (χ3n) is 6.01. The van der Waals surface area contributed by atoms with Gasteiger partial charge in [-0.3, -0.25) is 4.79 Å². The lowest BCUT2D eigenvalue weighted by atomic mass is 10.0. The van der Waals surface area contributed by atoms with Crippen molar-refractivity contribution >= 4 is 16.2 Å². The van der Waals surface area contributed by atoms with Gasteiger partial charge in [-0.25, -0.2) is 9.32 Å². The van der Waals surface area contributed by atoms with Crippen LogP contribution < -0.4 is 19.9 Å². The number of benzene rings is 1. The van der Waals surface area contributed by atoms with E-state index >= 15 is 0 Å². The minimum Gasteiger partial charge on any atom is -0.486 e. The summed E-state index contributed by atoms with van der Waals surface area (Å²) in [4.78, 5) is 15.0. The number of nitrogens with two attached hydrogens (primary N) is 1. The third kappa shape index (κ3) is 8.44. The number of nitrogens with one attached hydrogen (secondary N) is 1. The van der Waals surface area contributed by atoms with E-state index in [4.69, 9.17) is 18.8 Å². The number of fused-ring (bicyclic) bond motifs is 1. The average molecular weight is 484 g/mol. The first kappa shape index (κ1) is 25.7. The Morgan fingerprint density at radius 3 is 2.52 bits per heavy atom. The minimum atomic E-state index is -4.28. The van der Waals surface area contributed by atoms with Gasteiger partial charge in [-0.2, -0.15) is 8.42 Å². The zero-order valence-electron chi connectivity index (χ0n) is 19.5. The largest absolute Gasteiger partial charge is 0.486 e. The molecule has 2 aliphatic heterocycles. The summed E-state index contributed by atoms with van der Waals surface area (Å²) in [6.45, 7) is 5.27. The van der Waals surface area contributed by atoms with Crippen LogP contribution in [0.2, 0.25) is 0 Å². The number of carbonyl (C=O) groups is 1. The van der Waals surface area contributed by atoms with Crippen LogP contribution in [0, 0.1) is 0 Å². The molecule has 9 nitrogen and oxygen atoms in total. The van der Waals surface area contributed by atoms with Crippen LogP contribution in [0.5, 0.6) is 11.5 Å². The number of hydrogen-bond acceptors (Lipinski definition) is 7. The van der Waals surface area contributed by atoms with Crippen molar-refractivity contribution in [3.8, 4) is 11.5 Å². The van der Waals surface area contributed by atoms with Gasteiger partial charge in [-0.05, 0) is 50.0 Å². The van der Waals surface area contributed by atoms with E-state index in [1.165, 1.54) is 0 Å². The van der Waals surface area contributed by atoms with Gasteiger partial charge >= 0.3 is 10.3 Å². The summed E-state index contributed by atoms with van der Waals surface area (Å²) in [6, 6.07) is 4.58. The van der Waals surface area contributed by atoms with Crippen molar-refractivity contribution in [2.45, 2.75) is 70.4 Å². The molecule has 1 amide bonds. The summed E-state index contributed by atoms with van der Waals surface area (Å²) in [5.74, 6) is 0.992. The van der Waals surface area contributed by atoms with E-state index in [-0.39, 0.29) is 5.91 Å². The Labute approximate surface area is 197 Å². The molecule has 0 saturated carbocycles.